The average molecular weight is 361 g/mol. The molecule has 0 saturated heterocycles. The SMILES string of the molecule is CCC(CC)CNC(=O)C[C@@H]1COc2ccc(C(=O)N(C)C)cc2N1C. The van der Waals surface area contributed by atoms with Crippen molar-refractivity contribution in [3.63, 3.8) is 0 Å². The number of hydrogen-bond donors (Lipinski definition) is 1. The molecule has 1 atom stereocenters. The Labute approximate surface area is 156 Å². The van der Waals surface area contributed by atoms with E-state index in [1.165, 1.54) is 0 Å². The van der Waals surface area contributed by atoms with Crippen molar-refractivity contribution in [1.82, 2.24) is 10.2 Å². The van der Waals surface area contributed by atoms with Crippen molar-refractivity contribution in [3.05, 3.63) is 23.8 Å². The van der Waals surface area contributed by atoms with E-state index >= 15 is 0 Å². The summed E-state index contributed by atoms with van der Waals surface area (Å²) < 4.78 is 5.82. The highest BCUT2D eigenvalue weighted by molar-refractivity contribution is 5.95. The zero-order valence-electron chi connectivity index (χ0n) is 16.5. The fourth-order valence-electron chi connectivity index (χ4n) is 3.12. The predicted octanol–water partition coefficient (Wildman–Crippen LogP) is 2.53. The Morgan fingerprint density at radius 1 is 1.31 bits per heavy atom. The minimum absolute atomic E-state index is 0.0429. The molecule has 1 aliphatic heterocycles. The molecule has 0 aliphatic carbocycles. The van der Waals surface area contributed by atoms with Gasteiger partial charge in [-0.2, -0.15) is 0 Å². The van der Waals surface area contributed by atoms with Gasteiger partial charge in [-0.05, 0) is 24.1 Å². The van der Waals surface area contributed by atoms with Gasteiger partial charge in [-0.1, -0.05) is 26.7 Å². The van der Waals surface area contributed by atoms with Gasteiger partial charge in [0.25, 0.3) is 5.91 Å². The predicted molar refractivity (Wildman–Crippen MR) is 104 cm³/mol. The van der Waals surface area contributed by atoms with Gasteiger partial charge in [-0.15, -0.1) is 0 Å². The van der Waals surface area contributed by atoms with E-state index in [-0.39, 0.29) is 17.9 Å². The molecule has 0 radical (unpaired) electrons. The maximum absolute atomic E-state index is 12.3. The van der Waals surface area contributed by atoms with Gasteiger partial charge in [-0.25, -0.2) is 0 Å². The maximum Gasteiger partial charge on any atom is 0.253 e. The lowest BCUT2D eigenvalue weighted by Crippen LogP contribution is -2.44. The van der Waals surface area contributed by atoms with Gasteiger partial charge in [0.15, 0.2) is 0 Å². The fourth-order valence-corrected chi connectivity index (χ4v) is 3.12. The first-order valence-electron chi connectivity index (χ1n) is 9.35. The van der Waals surface area contributed by atoms with Gasteiger partial charge in [0.2, 0.25) is 5.91 Å². The smallest absolute Gasteiger partial charge is 0.253 e. The second kappa shape index (κ2) is 8.92. The van der Waals surface area contributed by atoms with Gasteiger partial charge in [0, 0.05) is 33.3 Å². The van der Waals surface area contributed by atoms with Crippen molar-refractivity contribution >= 4 is 17.5 Å². The third-order valence-electron chi connectivity index (χ3n) is 5.13. The molecular weight excluding hydrogens is 330 g/mol. The summed E-state index contributed by atoms with van der Waals surface area (Å²) in [5.74, 6) is 1.27. The van der Waals surface area contributed by atoms with Gasteiger partial charge in [0.1, 0.15) is 12.4 Å². The van der Waals surface area contributed by atoms with Crippen LogP contribution in [0.2, 0.25) is 0 Å². The van der Waals surface area contributed by atoms with E-state index in [0.717, 1.165) is 30.8 Å². The van der Waals surface area contributed by atoms with Crippen LogP contribution in [0.5, 0.6) is 5.75 Å². The molecule has 0 unspecified atom stereocenters. The summed E-state index contributed by atoms with van der Waals surface area (Å²) in [4.78, 5) is 28.1. The number of carbonyl (C=O) groups excluding carboxylic acids is 2. The van der Waals surface area contributed by atoms with Crippen LogP contribution in [0.25, 0.3) is 0 Å². The van der Waals surface area contributed by atoms with Crippen LogP contribution < -0.4 is 15.0 Å². The molecule has 0 aromatic heterocycles. The third kappa shape index (κ3) is 4.68. The Balaban J connectivity index is 2.04. The van der Waals surface area contributed by atoms with Gasteiger partial charge in [0.05, 0.1) is 18.2 Å². The lowest BCUT2D eigenvalue weighted by Gasteiger charge is -2.36. The van der Waals surface area contributed by atoms with Crippen molar-refractivity contribution in [1.29, 1.82) is 0 Å². The van der Waals surface area contributed by atoms with E-state index < -0.39 is 0 Å². The highest BCUT2D eigenvalue weighted by Gasteiger charge is 2.27. The summed E-state index contributed by atoms with van der Waals surface area (Å²) in [6.45, 7) is 5.48. The molecule has 2 amide bonds. The zero-order valence-corrected chi connectivity index (χ0v) is 16.5. The first-order chi connectivity index (χ1) is 12.4. The lowest BCUT2D eigenvalue weighted by molar-refractivity contribution is -0.121. The number of ether oxygens (including phenoxy) is 1. The highest BCUT2D eigenvalue weighted by Crippen LogP contribution is 2.34. The van der Waals surface area contributed by atoms with E-state index in [2.05, 4.69) is 19.2 Å². The molecule has 1 heterocycles. The number of carbonyl (C=O) groups is 2. The van der Waals surface area contributed by atoms with E-state index in [9.17, 15) is 9.59 Å². The monoisotopic (exact) mass is 361 g/mol. The van der Waals surface area contributed by atoms with E-state index in [0.29, 0.717) is 24.5 Å². The van der Waals surface area contributed by atoms with Gasteiger partial charge in [-0.3, -0.25) is 9.59 Å². The maximum atomic E-state index is 12.3. The Bertz CT molecular complexity index is 641. The van der Waals surface area contributed by atoms with Crippen molar-refractivity contribution in [2.24, 2.45) is 5.92 Å². The largest absolute Gasteiger partial charge is 0.489 e. The number of nitrogens with one attached hydrogen (secondary N) is 1. The van der Waals surface area contributed by atoms with Crippen LogP contribution in [0.1, 0.15) is 43.5 Å². The number of amides is 2. The summed E-state index contributed by atoms with van der Waals surface area (Å²) in [5.41, 5.74) is 1.46. The minimum atomic E-state index is -0.0498. The normalized spacial score (nSPS) is 16.1. The molecule has 0 saturated carbocycles. The summed E-state index contributed by atoms with van der Waals surface area (Å²) >= 11 is 0. The van der Waals surface area contributed by atoms with Crippen LogP contribution in [0.4, 0.5) is 5.69 Å². The van der Waals surface area contributed by atoms with E-state index in [1.807, 2.05) is 24.1 Å². The summed E-state index contributed by atoms with van der Waals surface area (Å²) in [5, 5.41) is 3.04. The fraction of sp³-hybridized carbons (Fsp3) is 0.600. The quantitative estimate of drug-likeness (QED) is 0.811. The van der Waals surface area contributed by atoms with E-state index in [1.54, 1.807) is 25.1 Å². The second-order valence-corrected chi connectivity index (χ2v) is 7.15. The van der Waals surface area contributed by atoms with Crippen molar-refractivity contribution < 1.29 is 14.3 Å². The second-order valence-electron chi connectivity index (χ2n) is 7.15. The molecule has 144 valence electrons. The van der Waals surface area contributed by atoms with Crippen molar-refractivity contribution in [2.75, 3.05) is 39.2 Å². The number of fused-ring (bicyclic) bond motifs is 1. The minimum Gasteiger partial charge on any atom is -0.489 e. The van der Waals surface area contributed by atoms with Crippen LogP contribution in [-0.2, 0) is 4.79 Å². The molecule has 0 bridgehead atoms. The Kier molecular flexibility index (Phi) is 6.89. The van der Waals surface area contributed by atoms with Crippen molar-refractivity contribution in [2.45, 2.75) is 39.2 Å². The molecule has 1 aliphatic rings. The van der Waals surface area contributed by atoms with Gasteiger partial charge < -0.3 is 19.9 Å². The topological polar surface area (TPSA) is 61.9 Å². The van der Waals surface area contributed by atoms with Crippen LogP contribution in [0, 0.1) is 5.92 Å². The average Bonchev–Trinajstić information content (AvgIpc) is 2.64. The van der Waals surface area contributed by atoms with Crippen molar-refractivity contribution in [3.8, 4) is 5.75 Å². The molecule has 6 heteroatoms. The number of nitrogens with zero attached hydrogens (tertiary/aromatic N) is 2. The molecule has 26 heavy (non-hydrogen) atoms. The molecule has 1 aromatic carbocycles. The molecule has 1 aromatic rings. The van der Waals surface area contributed by atoms with Gasteiger partial charge >= 0.3 is 0 Å². The summed E-state index contributed by atoms with van der Waals surface area (Å²) in [6, 6.07) is 5.39. The Morgan fingerprint density at radius 3 is 2.62 bits per heavy atom. The molecule has 1 N–H and O–H groups in total. The number of likely N-dealkylation sites (N-methyl/N-ethyl adjacent to an activating group) is 1. The first kappa shape index (κ1) is 20.1. The third-order valence-corrected chi connectivity index (χ3v) is 5.13. The molecule has 0 spiro atoms. The van der Waals surface area contributed by atoms with Crippen LogP contribution in [-0.4, -0.2) is 57.1 Å². The molecule has 0 fully saturated rings. The number of hydrogen-bond acceptors (Lipinski definition) is 4. The van der Waals surface area contributed by atoms with Crippen LogP contribution >= 0.6 is 0 Å². The highest BCUT2D eigenvalue weighted by atomic mass is 16.5. The summed E-state index contributed by atoms with van der Waals surface area (Å²) in [7, 11) is 5.41. The van der Waals surface area contributed by atoms with Crippen LogP contribution in [0.15, 0.2) is 18.2 Å². The molecule has 2 rings (SSSR count). The zero-order chi connectivity index (χ0) is 19.3. The molecule has 6 nitrogen and oxygen atoms in total. The Morgan fingerprint density at radius 2 is 2.00 bits per heavy atom. The van der Waals surface area contributed by atoms with E-state index in [4.69, 9.17) is 4.74 Å². The molecular formula is C20H31N3O3. The van der Waals surface area contributed by atoms with Crippen LogP contribution in [0.3, 0.4) is 0 Å². The number of rotatable bonds is 7. The number of anilines is 1. The summed E-state index contributed by atoms with van der Waals surface area (Å²) in [6.07, 6.45) is 2.51. The Hall–Kier alpha value is -2.24. The first-order valence-corrected chi connectivity index (χ1v) is 9.35. The lowest BCUT2D eigenvalue weighted by atomic mass is 10.0. The number of benzene rings is 1. The standard InChI is InChI=1S/C20H31N3O3/c1-6-14(7-2)12-21-19(24)11-16-13-26-18-9-8-15(20(25)22(3)4)10-17(18)23(16)5/h8-10,14,16H,6-7,11-13H2,1-5H3,(H,21,24)/t16-/m1/s1.